The molecule has 1 aromatic rings. The van der Waals surface area contributed by atoms with E-state index in [9.17, 15) is 24.5 Å². The molecule has 0 unspecified atom stereocenters. The zero-order valence-corrected chi connectivity index (χ0v) is 14.1. The number of hydrogen-bond acceptors (Lipinski definition) is 5. The molecule has 8 nitrogen and oxygen atoms in total. The number of piperidine rings is 1. The number of non-ortho nitro benzene ring substituents is 1. The summed E-state index contributed by atoms with van der Waals surface area (Å²) in [4.78, 5) is 50.4. The summed E-state index contributed by atoms with van der Waals surface area (Å²) in [5.74, 6) is -1.52. The quantitative estimate of drug-likeness (QED) is 0.474. The first-order valence-electron chi connectivity index (χ1n) is 8.27. The van der Waals surface area contributed by atoms with E-state index < -0.39 is 16.7 Å². The highest BCUT2D eigenvalue weighted by Gasteiger charge is 2.39. The Kier molecular flexibility index (Phi) is 4.28. The summed E-state index contributed by atoms with van der Waals surface area (Å²) < 4.78 is 0. The molecule has 25 heavy (non-hydrogen) atoms. The Bertz CT molecular complexity index is 766. The maximum Gasteiger partial charge on any atom is 0.270 e. The van der Waals surface area contributed by atoms with Crippen molar-refractivity contribution in [1.82, 2.24) is 9.80 Å². The smallest absolute Gasteiger partial charge is 0.270 e. The second-order valence-electron chi connectivity index (χ2n) is 6.61. The topological polar surface area (TPSA) is 101 Å². The Labute approximate surface area is 144 Å². The van der Waals surface area contributed by atoms with E-state index in [0.29, 0.717) is 0 Å². The van der Waals surface area contributed by atoms with Crippen LogP contribution in [0, 0.1) is 10.1 Å². The Hall–Kier alpha value is -2.77. The van der Waals surface area contributed by atoms with Crippen molar-refractivity contribution < 1.29 is 19.3 Å². The lowest BCUT2D eigenvalue weighted by Gasteiger charge is -2.39. The SMILES string of the molecule is C[C@@H]1CCC[C@@H](C)N1C(=O)CN1C(=O)c2ccc([N+](=O)[O-])cc2C1=O. The number of nitrogens with zero attached hydrogens (tertiary/aromatic N) is 3. The van der Waals surface area contributed by atoms with Gasteiger partial charge >= 0.3 is 0 Å². The Morgan fingerprint density at radius 2 is 1.76 bits per heavy atom. The number of benzene rings is 1. The van der Waals surface area contributed by atoms with E-state index in [-0.39, 0.29) is 41.3 Å². The first kappa shape index (κ1) is 17.1. The van der Waals surface area contributed by atoms with Gasteiger partial charge in [0, 0.05) is 24.2 Å². The Balaban J connectivity index is 1.82. The molecule has 0 saturated carbocycles. The van der Waals surface area contributed by atoms with Crippen molar-refractivity contribution in [3.63, 3.8) is 0 Å². The van der Waals surface area contributed by atoms with E-state index in [0.717, 1.165) is 30.2 Å². The standard InChI is InChI=1S/C17H19N3O5/c1-10-4-3-5-11(2)19(10)15(21)9-18-16(22)13-7-6-12(20(24)25)8-14(13)17(18)23/h6-8,10-11H,3-5,9H2,1-2H3/t10-,11-/m1/s1. The van der Waals surface area contributed by atoms with Crippen LogP contribution in [0.2, 0.25) is 0 Å². The summed E-state index contributed by atoms with van der Waals surface area (Å²) in [5, 5.41) is 10.9. The molecule has 1 saturated heterocycles. The molecule has 2 atom stereocenters. The molecular formula is C17H19N3O5. The maximum atomic E-state index is 12.7. The lowest BCUT2D eigenvalue weighted by atomic mass is 9.97. The zero-order chi connectivity index (χ0) is 18.3. The Morgan fingerprint density at radius 3 is 2.36 bits per heavy atom. The number of carbonyl (C=O) groups excluding carboxylic acids is 3. The van der Waals surface area contributed by atoms with E-state index in [1.807, 2.05) is 13.8 Å². The molecule has 0 N–H and O–H groups in total. The van der Waals surface area contributed by atoms with Gasteiger partial charge in [-0.15, -0.1) is 0 Å². The van der Waals surface area contributed by atoms with Crippen LogP contribution in [-0.2, 0) is 4.79 Å². The van der Waals surface area contributed by atoms with Gasteiger partial charge < -0.3 is 4.90 Å². The summed E-state index contributed by atoms with van der Waals surface area (Å²) in [6, 6.07) is 3.67. The van der Waals surface area contributed by atoms with Crippen molar-refractivity contribution in [2.75, 3.05) is 6.54 Å². The number of hydrogen-bond donors (Lipinski definition) is 0. The average Bonchev–Trinajstić information content (AvgIpc) is 2.79. The van der Waals surface area contributed by atoms with Crippen LogP contribution in [0.4, 0.5) is 5.69 Å². The fourth-order valence-electron chi connectivity index (χ4n) is 3.67. The van der Waals surface area contributed by atoms with Gasteiger partial charge in [-0.1, -0.05) is 0 Å². The van der Waals surface area contributed by atoms with Crippen molar-refractivity contribution in [2.24, 2.45) is 0 Å². The molecule has 3 amide bonds. The Morgan fingerprint density at radius 1 is 1.16 bits per heavy atom. The fourth-order valence-corrected chi connectivity index (χ4v) is 3.67. The summed E-state index contributed by atoms with van der Waals surface area (Å²) in [5.41, 5.74) is -0.179. The summed E-state index contributed by atoms with van der Waals surface area (Å²) >= 11 is 0. The second kappa shape index (κ2) is 6.27. The largest absolute Gasteiger partial charge is 0.336 e. The van der Waals surface area contributed by atoms with Gasteiger partial charge in [-0.05, 0) is 39.2 Å². The van der Waals surface area contributed by atoms with Crippen molar-refractivity contribution in [2.45, 2.75) is 45.2 Å². The number of imide groups is 1. The molecule has 0 radical (unpaired) electrons. The van der Waals surface area contributed by atoms with Gasteiger partial charge in [0.05, 0.1) is 16.1 Å². The van der Waals surface area contributed by atoms with Crippen LogP contribution in [0.1, 0.15) is 53.8 Å². The molecule has 132 valence electrons. The minimum atomic E-state index is -0.658. The summed E-state index contributed by atoms with van der Waals surface area (Å²) in [6.45, 7) is 3.58. The minimum Gasteiger partial charge on any atom is -0.336 e. The highest BCUT2D eigenvalue weighted by molar-refractivity contribution is 6.22. The molecule has 0 spiro atoms. The van der Waals surface area contributed by atoms with E-state index in [1.165, 1.54) is 12.1 Å². The molecule has 1 aromatic carbocycles. The highest BCUT2D eigenvalue weighted by Crippen LogP contribution is 2.28. The van der Waals surface area contributed by atoms with E-state index in [1.54, 1.807) is 4.90 Å². The van der Waals surface area contributed by atoms with Crippen molar-refractivity contribution in [3.8, 4) is 0 Å². The summed E-state index contributed by atoms with van der Waals surface area (Å²) in [7, 11) is 0. The number of nitro benzene ring substituents is 1. The highest BCUT2D eigenvalue weighted by atomic mass is 16.6. The molecule has 8 heteroatoms. The first-order valence-corrected chi connectivity index (χ1v) is 8.27. The van der Waals surface area contributed by atoms with Gasteiger partial charge in [0.25, 0.3) is 17.5 Å². The van der Waals surface area contributed by atoms with Crippen LogP contribution in [0.15, 0.2) is 18.2 Å². The predicted octanol–water partition coefficient (Wildman–Crippen LogP) is 1.98. The van der Waals surface area contributed by atoms with Crippen LogP contribution in [-0.4, -0.2) is 51.1 Å². The third-order valence-electron chi connectivity index (χ3n) is 4.94. The zero-order valence-electron chi connectivity index (χ0n) is 14.1. The second-order valence-corrected chi connectivity index (χ2v) is 6.61. The molecule has 2 aliphatic rings. The van der Waals surface area contributed by atoms with Gasteiger partial charge in [0.1, 0.15) is 6.54 Å². The van der Waals surface area contributed by atoms with Gasteiger partial charge in [-0.3, -0.25) is 29.4 Å². The number of fused-ring (bicyclic) bond motifs is 1. The number of amides is 3. The predicted molar refractivity (Wildman–Crippen MR) is 88.1 cm³/mol. The lowest BCUT2D eigenvalue weighted by Crippen LogP contribution is -2.51. The lowest BCUT2D eigenvalue weighted by molar-refractivity contribution is -0.384. The molecule has 0 bridgehead atoms. The van der Waals surface area contributed by atoms with Crippen molar-refractivity contribution in [3.05, 3.63) is 39.4 Å². The number of nitro groups is 1. The molecule has 0 aromatic heterocycles. The molecular weight excluding hydrogens is 326 g/mol. The van der Waals surface area contributed by atoms with E-state index >= 15 is 0 Å². The molecule has 2 aliphatic heterocycles. The number of likely N-dealkylation sites (tertiary alicyclic amines) is 1. The van der Waals surface area contributed by atoms with Gasteiger partial charge in [-0.25, -0.2) is 0 Å². The van der Waals surface area contributed by atoms with E-state index in [2.05, 4.69) is 0 Å². The maximum absolute atomic E-state index is 12.7. The molecule has 0 aliphatic carbocycles. The average molecular weight is 345 g/mol. The van der Waals surface area contributed by atoms with Crippen LogP contribution in [0.5, 0.6) is 0 Å². The molecule has 3 rings (SSSR count). The fraction of sp³-hybridized carbons (Fsp3) is 0.471. The minimum absolute atomic E-state index is 0.0215. The van der Waals surface area contributed by atoms with Crippen LogP contribution in [0.3, 0.4) is 0 Å². The van der Waals surface area contributed by atoms with Gasteiger partial charge in [-0.2, -0.15) is 0 Å². The van der Waals surface area contributed by atoms with Gasteiger partial charge in [0.15, 0.2) is 0 Å². The van der Waals surface area contributed by atoms with Crippen LogP contribution >= 0.6 is 0 Å². The van der Waals surface area contributed by atoms with Crippen molar-refractivity contribution in [1.29, 1.82) is 0 Å². The summed E-state index contributed by atoms with van der Waals surface area (Å²) in [6.07, 6.45) is 2.83. The number of rotatable bonds is 3. The third kappa shape index (κ3) is 2.88. The third-order valence-corrected chi connectivity index (χ3v) is 4.94. The monoisotopic (exact) mass is 345 g/mol. The molecule has 1 fully saturated rings. The van der Waals surface area contributed by atoms with Crippen LogP contribution < -0.4 is 0 Å². The molecule has 2 heterocycles. The van der Waals surface area contributed by atoms with Gasteiger partial charge in [0.2, 0.25) is 5.91 Å². The normalized spacial score (nSPS) is 23.0. The van der Waals surface area contributed by atoms with Crippen molar-refractivity contribution >= 4 is 23.4 Å². The number of carbonyl (C=O) groups is 3. The van der Waals surface area contributed by atoms with Crippen LogP contribution in [0.25, 0.3) is 0 Å². The first-order chi connectivity index (χ1) is 11.8. The van der Waals surface area contributed by atoms with E-state index in [4.69, 9.17) is 0 Å².